The van der Waals surface area contributed by atoms with Crippen molar-refractivity contribution < 1.29 is 35.8 Å². The molecule has 0 aliphatic heterocycles. The molecule has 2 nitrogen and oxygen atoms in total. The van der Waals surface area contributed by atoms with E-state index >= 15 is 8.78 Å². The molecule has 176 valence electrons. The van der Waals surface area contributed by atoms with Crippen molar-refractivity contribution in [2.45, 2.75) is 75.9 Å². The summed E-state index contributed by atoms with van der Waals surface area (Å²) in [4.78, 5) is 0. The second kappa shape index (κ2) is 7.06. The van der Waals surface area contributed by atoms with Gasteiger partial charge in [0.05, 0.1) is 0 Å². The molecule has 2 unspecified atom stereocenters. The molecule has 0 spiro atoms. The maximum Gasteiger partial charge on any atom is 0.395 e. The Kier molecular flexibility index (Phi) is 5.35. The van der Waals surface area contributed by atoms with Crippen LogP contribution in [0.2, 0.25) is 0 Å². The number of halogens is 6. The van der Waals surface area contributed by atoms with Gasteiger partial charge in [0.25, 0.3) is 0 Å². The summed E-state index contributed by atoms with van der Waals surface area (Å²) in [5, 5.41) is 0. The quantitative estimate of drug-likeness (QED) is 0.444. The highest BCUT2D eigenvalue weighted by molar-refractivity contribution is 5.37. The van der Waals surface area contributed by atoms with E-state index in [-0.39, 0.29) is 10.8 Å². The number of benzene rings is 2. The van der Waals surface area contributed by atoms with E-state index in [2.05, 4.69) is 9.47 Å². The van der Waals surface area contributed by atoms with Crippen LogP contribution in [0.25, 0.3) is 0 Å². The smallest absolute Gasteiger partial charge is 0.395 e. The normalized spacial score (nSPS) is 26.9. The van der Waals surface area contributed by atoms with Crippen LogP contribution in [0, 0.1) is 0 Å². The van der Waals surface area contributed by atoms with Crippen molar-refractivity contribution in [1.82, 2.24) is 0 Å². The van der Waals surface area contributed by atoms with Gasteiger partial charge in [0.2, 0.25) is 0 Å². The van der Waals surface area contributed by atoms with Crippen LogP contribution in [-0.2, 0) is 10.8 Å². The van der Waals surface area contributed by atoms with E-state index in [0.717, 1.165) is 35.4 Å². The number of ether oxygens (including phenoxy) is 2. The van der Waals surface area contributed by atoms with Crippen molar-refractivity contribution in [2.24, 2.45) is 0 Å². The van der Waals surface area contributed by atoms with Gasteiger partial charge in [-0.15, -0.1) is 0 Å². The lowest BCUT2D eigenvalue weighted by atomic mass is 9.76. The molecule has 1 fully saturated rings. The average Bonchev–Trinajstić information content (AvgIpc) is 2.66. The molecule has 0 aromatic heterocycles. The Labute approximate surface area is 183 Å². The van der Waals surface area contributed by atoms with E-state index < -0.39 is 35.1 Å². The molecule has 1 saturated carbocycles. The van der Waals surface area contributed by atoms with Crippen LogP contribution in [-0.4, -0.2) is 23.6 Å². The van der Waals surface area contributed by atoms with Crippen LogP contribution in [0.1, 0.15) is 52.7 Å². The Morgan fingerprint density at radius 3 is 0.969 bits per heavy atom. The third-order valence-electron chi connectivity index (χ3n) is 5.57. The monoisotopic (exact) mass is 460 g/mol. The molecular weight excluding hydrogens is 434 g/mol. The van der Waals surface area contributed by atoms with Crippen molar-refractivity contribution in [2.75, 3.05) is 0 Å². The van der Waals surface area contributed by atoms with E-state index in [1.165, 1.54) is 24.3 Å². The fourth-order valence-corrected chi connectivity index (χ4v) is 3.38. The molecule has 3 rings (SSSR count). The lowest BCUT2D eigenvalue weighted by Crippen LogP contribution is -2.89. The Hall–Kier alpha value is -2.38. The van der Waals surface area contributed by atoms with E-state index in [1.54, 1.807) is 0 Å². The van der Waals surface area contributed by atoms with Gasteiger partial charge in [-0.2, -0.15) is 26.3 Å². The Morgan fingerprint density at radius 1 is 0.500 bits per heavy atom. The van der Waals surface area contributed by atoms with Crippen molar-refractivity contribution in [3.05, 3.63) is 59.7 Å². The fraction of sp³-hybridized carbons (Fsp3) is 0.500. The molecule has 2 atom stereocenters. The summed E-state index contributed by atoms with van der Waals surface area (Å²) >= 11 is 0. The van der Waals surface area contributed by atoms with Gasteiger partial charge in [-0.3, -0.25) is 0 Å². The first-order chi connectivity index (χ1) is 14.4. The summed E-state index contributed by atoms with van der Waals surface area (Å²) in [6.45, 7) is 11.3. The van der Waals surface area contributed by atoms with Gasteiger partial charge in [-0.25, -0.2) is 0 Å². The zero-order valence-corrected chi connectivity index (χ0v) is 18.7. The minimum Gasteiger partial charge on any atom is -0.447 e. The molecule has 8 heteroatoms. The van der Waals surface area contributed by atoms with Gasteiger partial charge in [0.15, 0.2) is 0 Å². The lowest BCUT2D eigenvalue weighted by molar-refractivity contribution is -0.527. The molecular formula is C24H26F6O2. The van der Waals surface area contributed by atoms with Gasteiger partial charge in [0.1, 0.15) is 11.5 Å². The SMILES string of the molecule is CC(C)(C)c1ccc(OC2(F)C(F)(F)C(F)(F)C2(F)Oc2ccc(C(C)(C)C)cc2)cc1. The van der Waals surface area contributed by atoms with Crippen LogP contribution in [0.15, 0.2) is 48.5 Å². The van der Waals surface area contributed by atoms with Gasteiger partial charge in [-0.1, -0.05) is 65.8 Å². The summed E-state index contributed by atoms with van der Waals surface area (Å²) in [6.07, 6.45) is 0. The first kappa shape index (κ1) is 24.3. The minimum absolute atomic E-state index is 0.314. The molecule has 0 heterocycles. The van der Waals surface area contributed by atoms with E-state index in [9.17, 15) is 17.6 Å². The van der Waals surface area contributed by atoms with E-state index in [0.29, 0.717) is 0 Å². The second-order valence-corrected chi connectivity index (χ2v) is 10.1. The molecule has 0 radical (unpaired) electrons. The molecule has 1 aliphatic carbocycles. The maximum absolute atomic E-state index is 15.3. The zero-order chi connectivity index (χ0) is 24.4. The van der Waals surface area contributed by atoms with E-state index in [4.69, 9.17) is 0 Å². The third kappa shape index (κ3) is 3.42. The topological polar surface area (TPSA) is 18.5 Å². The van der Waals surface area contributed by atoms with Crippen molar-refractivity contribution in [1.29, 1.82) is 0 Å². The highest BCUT2D eigenvalue weighted by Gasteiger charge is 3.03. The summed E-state index contributed by atoms with van der Waals surface area (Å²) in [5.74, 6) is -21.5. The van der Waals surface area contributed by atoms with Crippen molar-refractivity contribution in [3.8, 4) is 11.5 Å². The van der Waals surface area contributed by atoms with Gasteiger partial charge in [0, 0.05) is 0 Å². The number of hydrogen-bond donors (Lipinski definition) is 0. The van der Waals surface area contributed by atoms with Crippen LogP contribution >= 0.6 is 0 Å². The molecule has 1 aliphatic rings. The standard InChI is InChI=1S/C24H26F6O2/c1-19(2,3)15-7-11-17(12-8-15)31-23(29)21(25,26)22(27,28)24(23,30)32-18-13-9-16(10-14-18)20(4,5)6/h7-14H,1-6H3. The molecule has 0 saturated heterocycles. The lowest BCUT2D eigenvalue weighted by Gasteiger charge is -2.55. The Morgan fingerprint density at radius 2 is 0.750 bits per heavy atom. The van der Waals surface area contributed by atoms with Crippen LogP contribution in [0.4, 0.5) is 26.3 Å². The van der Waals surface area contributed by atoms with Crippen molar-refractivity contribution >= 4 is 0 Å². The Balaban J connectivity index is 1.94. The van der Waals surface area contributed by atoms with Gasteiger partial charge < -0.3 is 9.47 Å². The largest absolute Gasteiger partial charge is 0.447 e. The minimum atomic E-state index is -5.47. The van der Waals surface area contributed by atoms with Crippen LogP contribution in [0.3, 0.4) is 0 Å². The fourth-order valence-electron chi connectivity index (χ4n) is 3.38. The number of alkyl halides is 6. The van der Waals surface area contributed by atoms with E-state index in [1.807, 2.05) is 41.5 Å². The zero-order valence-electron chi connectivity index (χ0n) is 18.7. The highest BCUT2D eigenvalue weighted by atomic mass is 19.3. The summed E-state index contributed by atoms with van der Waals surface area (Å²) in [6, 6.07) is 10.3. The van der Waals surface area contributed by atoms with Crippen LogP contribution in [0.5, 0.6) is 11.5 Å². The predicted octanol–water partition coefficient (Wildman–Crippen LogP) is 7.36. The number of rotatable bonds is 4. The highest BCUT2D eigenvalue weighted by Crippen LogP contribution is 2.68. The molecule has 2 aromatic carbocycles. The third-order valence-corrected chi connectivity index (χ3v) is 5.57. The maximum atomic E-state index is 15.3. The number of hydrogen-bond acceptors (Lipinski definition) is 2. The molecule has 0 amide bonds. The van der Waals surface area contributed by atoms with Crippen LogP contribution < -0.4 is 9.47 Å². The van der Waals surface area contributed by atoms with Crippen molar-refractivity contribution in [3.63, 3.8) is 0 Å². The molecule has 0 bridgehead atoms. The second-order valence-electron chi connectivity index (χ2n) is 10.1. The predicted molar refractivity (Wildman–Crippen MR) is 109 cm³/mol. The van der Waals surface area contributed by atoms with Gasteiger partial charge in [-0.05, 0) is 46.2 Å². The molecule has 2 aromatic rings. The average molecular weight is 460 g/mol. The summed E-state index contributed by atoms with van der Waals surface area (Å²) in [7, 11) is 0. The summed E-state index contributed by atoms with van der Waals surface area (Å²) in [5.41, 5.74) is 0.882. The summed E-state index contributed by atoms with van der Waals surface area (Å²) < 4.78 is 96.2. The molecule has 32 heavy (non-hydrogen) atoms. The first-order valence-corrected chi connectivity index (χ1v) is 10.1. The molecule has 0 N–H and O–H groups in total. The van der Waals surface area contributed by atoms with Gasteiger partial charge >= 0.3 is 23.6 Å². The first-order valence-electron chi connectivity index (χ1n) is 10.1. The Bertz CT molecular complexity index is 892.